The summed E-state index contributed by atoms with van der Waals surface area (Å²) in [6.45, 7) is 0. The molecule has 0 spiro atoms. The van der Waals surface area contributed by atoms with Gasteiger partial charge in [0.05, 0.1) is 0 Å². The number of hydrogen-bond donors (Lipinski definition) is 0. The van der Waals surface area contributed by atoms with Gasteiger partial charge >= 0.3 is 0 Å². The summed E-state index contributed by atoms with van der Waals surface area (Å²) in [6.07, 6.45) is 3.11. The van der Waals surface area contributed by atoms with Crippen LogP contribution in [0.1, 0.15) is 11.1 Å². The van der Waals surface area contributed by atoms with Crippen LogP contribution in [0.5, 0.6) is 0 Å². The van der Waals surface area contributed by atoms with Gasteiger partial charge in [-0.05, 0) is 35.1 Å². The summed E-state index contributed by atoms with van der Waals surface area (Å²) in [5, 5.41) is 1.31. The maximum atomic E-state index is 2.28. The van der Waals surface area contributed by atoms with Gasteiger partial charge in [0.2, 0.25) is 0 Å². The SMILES string of the molecule is Cn1ccc2ccc(Cc3ccccc3)cc21. The molecule has 0 amide bonds. The molecule has 3 rings (SSSR count). The molecule has 0 atom stereocenters. The average Bonchev–Trinajstić information content (AvgIpc) is 2.73. The Morgan fingerprint density at radius 1 is 0.882 bits per heavy atom. The van der Waals surface area contributed by atoms with Crippen molar-refractivity contribution in [2.45, 2.75) is 6.42 Å². The molecule has 0 saturated heterocycles. The Labute approximate surface area is 101 Å². The lowest BCUT2D eigenvalue weighted by Gasteiger charge is -2.03. The fraction of sp³-hybridized carbons (Fsp3) is 0.125. The van der Waals surface area contributed by atoms with Crippen LogP contribution in [0.2, 0.25) is 0 Å². The Balaban J connectivity index is 1.98. The minimum Gasteiger partial charge on any atom is -0.351 e. The van der Waals surface area contributed by atoms with Gasteiger partial charge in [0, 0.05) is 18.8 Å². The van der Waals surface area contributed by atoms with Crippen LogP contribution in [-0.4, -0.2) is 4.57 Å². The summed E-state index contributed by atoms with van der Waals surface area (Å²) in [7, 11) is 2.09. The lowest BCUT2D eigenvalue weighted by Crippen LogP contribution is -1.89. The zero-order chi connectivity index (χ0) is 11.7. The number of aromatic nitrogens is 1. The van der Waals surface area contributed by atoms with E-state index in [0.29, 0.717) is 0 Å². The Kier molecular flexibility index (Phi) is 2.45. The van der Waals surface area contributed by atoms with Crippen LogP contribution in [0, 0.1) is 0 Å². The first-order valence-electron chi connectivity index (χ1n) is 5.91. The Morgan fingerprint density at radius 3 is 2.53 bits per heavy atom. The maximum absolute atomic E-state index is 2.28. The Bertz CT molecular complexity index is 635. The third-order valence-corrected chi connectivity index (χ3v) is 3.20. The monoisotopic (exact) mass is 221 g/mol. The highest BCUT2D eigenvalue weighted by molar-refractivity contribution is 5.80. The lowest BCUT2D eigenvalue weighted by molar-refractivity contribution is 0.967. The average molecular weight is 221 g/mol. The predicted octanol–water partition coefficient (Wildman–Crippen LogP) is 3.77. The van der Waals surface area contributed by atoms with E-state index in [1.54, 1.807) is 0 Å². The molecule has 1 nitrogen and oxygen atoms in total. The highest BCUT2D eigenvalue weighted by Crippen LogP contribution is 2.18. The highest BCUT2D eigenvalue weighted by Gasteiger charge is 2.00. The second-order valence-electron chi connectivity index (χ2n) is 4.48. The van der Waals surface area contributed by atoms with E-state index in [1.165, 1.54) is 22.0 Å². The quantitative estimate of drug-likeness (QED) is 0.620. The van der Waals surface area contributed by atoms with E-state index >= 15 is 0 Å². The van der Waals surface area contributed by atoms with Gasteiger partial charge in [-0.3, -0.25) is 0 Å². The summed E-state index contributed by atoms with van der Waals surface area (Å²) < 4.78 is 2.17. The van der Waals surface area contributed by atoms with Gasteiger partial charge in [0.1, 0.15) is 0 Å². The maximum Gasteiger partial charge on any atom is 0.0480 e. The molecule has 1 heteroatoms. The zero-order valence-electron chi connectivity index (χ0n) is 9.93. The number of benzene rings is 2. The largest absolute Gasteiger partial charge is 0.351 e. The molecular formula is C16H15N. The molecule has 0 N–H and O–H groups in total. The van der Waals surface area contributed by atoms with Gasteiger partial charge in [0.15, 0.2) is 0 Å². The molecule has 17 heavy (non-hydrogen) atoms. The molecule has 0 aliphatic heterocycles. The minimum absolute atomic E-state index is 1.00. The third-order valence-electron chi connectivity index (χ3n) is 3.20. The van der Waals surface area contributed by atoms with Crippen LogP contribution in [-0.2, 0) is 13.5 Å². The highest BCUT2D eigenvalue weighted by atomic mass is 14.9. The van der Waals surface area contributed by atoms with Crippen molar-refractivity contribution in [2.24, 2.45) is 7.05 Å². The van der Waals surface area contributed by atoms with Crippen LogP contribution >= 0.6 is 0 Å². The lowest BCUT2D eigenvalue weighted by atomic mass is 10.0. The molecule has 0 aliphatic carbocycles. The first kappa shape index (κ1) is 10.2. The molecule has 84 valence electrons. The number of nitrogens with zero attached hydrogens (tertiary/aromatic N) is 1. The summed E-state index contributed by atoms with van der Waals surface area (Å²) in [5.74, 6) is 0. The normalized spacial score (nSPS) is 10.9. The van der Waals surface area contributed by atoms with Crippen LogP contribution in [0.15, 0.2) is 60.8 Å². The summed E-state index contributed by atoms with van der Waals surface area (Å²) >= 11 is 0. The Morgan fingerprint density at radius 2 is 1.71 bits per heavy atom. The van der Waals surface area contributed by atoms with E-state index in [0.717, 1.165) is 6.42 Å². The molecule has 1 aromatic heterocycles. The summed E-state index contributed by atoms with van der Waals surface area (Å²) in [6, 6.07) is 19.5. The Hall–Kier alpha value is -2.02. The van der Waals surface area contributed by atoms with Crippen molar-refractivity contribution >= 4 is 10.9 Å². The van der Waals surface area contributed by atoms with Crippen molar-refractivity contribution in [1.29, 1.82) is 0 Å². The van der Waals surface area contributed by atoms with Crippen LogP contribution in [0.3, 0.4) is 0 Å². The molecule has 0 unspecified atom stereocenters. The van der Waals surface area contributed by atoms with E-state index in [-0.39, 0.29) is 0 Å². The zero-order valence-corrected chi connectivity index (χ0v) is 9.93. The smallest absolute Gasteiger partial charge is 0.0480 e. The molecule has 2 aromatic carbocycles. The second kappa shape index (κ2) is 4.10. The van der Waals surface area contributed by atoms with Gasteiger partial charge in [-0.15, -0.1) is 0 Å². The molecule has 1 heterocycles. The molecule has 0 saturated carbocycles. The third kappa shape index (κ3) is 1.96. The number of hydrogen-bond acceptors (Lipinski definition) is 0. The van der Waals surface area contributed by atoms with Crippen LogP contribution < -0.4 is 0 Å². The summed E-state index contributed by atoms with van der Waals surface area (Å²) in [5.41, 5.74) is 4.03. The van der Waals surface area contributed by atoms with Crippen LogP contribution in [0.25, 0.3) is 10.9 Å². The van der Waals surface area contributed by atoms with Crippen molar-refractivity contribution in [2.75, 3.05) is 0 Å². The minimum atomic E-state index is 1.00. The van der Waals surface area contributed by atoms with Crippen molar-refractivity contribution in [1.82, 2.24) is 4.57 Å². The molecule has 0 aliphatic rings. The molecule has 3 aromatic rings. The van der Waals surface area contributed by atoms with Gasteiger partial charge < -0.3 is 4.57 Å². The van der Waals surface area contributed by atoms with E-state index in [1.807, 2.05) is 0 Å². The molecular weight excluding hydrogens is 206 g/mol. The van der Waals surface area contributed by atoms with Gasteiger partial charge in [-0.2, -0.15) is 0 Å². The van der Waals surface area contributed by atoms with Gasteiger partial charge in [-0.1, -0.05) is 42.5 Å². The van der Waals surface area contributed by atoms with E-state index in [9.17, 15) is 0 Å². The number of rotatable bonds is 2. The number of aryl methyl sites for hydroxylation is 1. The van der Waals surface area contributed by atoms with Crippen LogP contribution in [0.4, 0.5) is 0 Å². The molecule has 0 fully saturated rings. The summed E-state index contributed by atoms with van der Waals surface area (Å²) in [4.78, 5) is 0. The van der Waals surface area contributed by atoms with Crippen molar-refractivity contribution in [3.63, 3.8) is 0 Å². The number of fused-ring (bicyclic) bond motifs is 1. The first-order chi connectivity index (χ1) is 8.33. The van der Waals surface area contributed by atoms with E-state index < -0.39 is 0 Å². The predicted molar refractivity (Wildman–Crippen MR) is 72.2 cm³/mol. The first-order valence-corrected chi connectivity index (χ1v) is 5.91. The molecule has 0 radical (unpaired) electrons. The fourth-order valence-electron chi connectivity index (χ4n) is 2.25. The molecule has 0 bridgehead atoms. The van der Waals surface area contributed by atoms with Crippen molar-refractivity contribution in [3.05, 3.63) is 71.9 Å². The van der Waals surface area contributed by atoms with Crippen molar-refractivity contribution in [3.8, 4) is 0 Å². The standard InChI is InChI=1S/C16H15N/c1-17-10-9-15-8-7-14(12-16(15)17)11-13-5-3-2-4-6-13/h2-10,12H,11H2,1H3. The van der Waals surface area contributed by atoms with E-state index in [4.69, 9.17) is 0 Å². The van der Waals surface area contributed by atoms with Gasteiger partial charge in [-0.25, -0.2) is 0 Å². The van der Waals surface area contributed by atoms with Gasteiger partial charge in [0.25, 0.3) is 0 Å². The van der Waals surface area contributed by atoms with Crippen molar-refractivity contribution < 1.29 is 0 Å². The van der Waals surface area contributed by atoms with E-state index in [2.05, 4.69) is 72.4 Å². The fourth-order valence-corrected chi connectivity index (χ4v) is 2.25. The topological polar surface area (TPSA) is 4.93 Å². The second-order valence-corrected chi connectivity index (χ2v) is 4.48.